The molecule has 1 atom stereocenters. The molecule has 36 heavy (non-hydrogen) atoms. The van der Waals surface area contributed by atoms with Crippen molar-refractivity contribution in [3.63, 3.8) is 0 Å². The Labute approximate surface area is 214 Å². The molecule has 12 heteroatoms. The molecule has 0 saturated carbocycles. The van der Waals surface area contributed by atoms with Crippen LogP contribution in [0.5, 0.6) is 5.75 Å². The van der Waals surface area contributed by atoms with E-state index in [-0.39, 0.29) is 46.5 Å². The summed E-state index contributed by atoms with van der Waals surface area (Å²) in [5.74, 6) is 0.693. The largest absolute Gasteiger partial charge is 0.495 e. The first-order valence-electron chi connectivity index (χ1n) is 11.4. The van der Waals surface area contributed by atoms with Gasteiger partial charge >= 0.3 is 0 Å². The van der Waals surface area contributed by atoms with Gasteiger partial charge in [0, 0.05) is 19.5 Å². The number of carbonyl (C=O) groups is 1. The van der Waals surface area contributed by atoms with Crippen molar-refractivity contribution in [2.45, 2.75) is 29.4 Å². The molecule has 1 unspecified atom stereocenters. The van der Waals surface area contributed by atoms with Gasteiger partial charge in [0.1, 0.15) is 5.75 Å². The summed E-state index contributed by atoms with van der Waals surface area (Å²) in [6.07, 6.45) is 0.589. The average molecular weight is 533 g/mol. The van der Waals surface area contributed by atoms with Crippen molar-refractivity contribution in [3.05, 3.63) is 60.0 Å². The Balaban J connectivity index is 1.36. The van der Waals surface area contributed by atoms with Crippen LogP contribution in [0.1, 0.15) is 24.3 Å². The maximum atomic E-state index is 13.0. The van der Waals surface area contributed by atoms with Gasteiger partial charge in [-0.1, -0.05) is 49.0 Å². The summed E-state index contributed by atoms with van der Waals surface area (Å²) < 4.78 is 43.6. The number of aromatic nitrogens is 2. The number of anilines is 1. The zero-order valence-corrected chi connectivity index (χ0v) is 21.7. The second kappa shape index (κ2) is 11.9. The average Bonchev–Trinajstić information content (AvgIpc) is 3.35. The molecule has 2 heterocycles. The van der Waals surface area contributed by atoms with E-state index >= 15 is 0 Å². The number of benzene rings is 2. The third-order valence-electron chi connectivity index (χ3n) is 5.68. The molecular formula is C24H28N4O6S2. The first-order valence-corrected chi connectivity index (χ1v) is 13.9. The quantitative estimate of drug-likeness (QED) is 0.392. The van der Waals surface area contributed by atoms with Crippen molar-refractivity contribution in [2.75, 3.05) is 44.5 Å². The molecule has 0 aliphatic carbocycles. The number of nitrogens with zero attached hydrogens (tertiary/aromatic N) is 3. The Bertz CT molecular complexity index is 1280. The van der Waals surface area contributed by atoms with Crippen molar-refractivity contribution in [3.8, 4) is 5.75 Å². The molecule has 2 aromatic carbocycles. The third kappa shape index (κ3) is 6.44. The topological polar surface area (TPSA) is 124 Å². The molecule has 0 radical (unpaired) electrons. The molecule has 10 nitrogen and oxygen atoms in total. The van der Waals surface area contributed by atoms with Crippen molar-refractivity contribution in [2.24, 2.45) is 0 Å². The summed E-state index contributed by atoms with van der Waals surface area (Å²) >= 11 is 1.10. The lowest BCUT2D eigenvalue weighted by molar-refractivity contribution is -0.113. The van der Waals surface area contributed by atoms with Gasteiger partial charge in [0.05, 0.1) is 36.7 Å². The molecule has 1 amide bonds. The lowest BCUT2D eigenvalue weighted by Gasteiger charge is -2.26. The van der Waals surface area contributed by atoms with E-state index in [1.54, 1.807) is 0 Å². The highest BCUT2D eigenvalue weighted by Crippen LogP contribution is 2.30. The number of ether oxygens (including phenoxy) is 2. The molecule has 1 aromatic heterocycles. The van der Waals surface area contributed by atoms with Gasteiger partial charge < -0.3 is 19.2 Å². The third-order valence-corrected chi connectivity index (χ3v) is 8.39. The van der Waals surface area contributed by atoms with Gasteiger partial charge in [0.15, 0.2) is 0 Å². The van der Waals surface area contributed by atoms with Gasteiger partial charge in [-0.25, -0.2) is 8.42 Å². The zero-order chi connectivity index (χ0) is 25.5. The molecule has 4 rings (SSSR count). The highest BCUT2D eigenvalue weighted by atomic mass is 32.2. The number of hydrogen-bond acceptors (Lipinski definition) is 9. The number of rotatable bonds is 10. The number of amides is 1. The lowest BCUT2D eigenvalue weighted by Crippen LogP contribution is -2.40. The number of methoxy groups -OCH3 is 1. The summed E-state index contributed by atoms with van der Waals surface area (Å²) in [5, 5.41) is 11.1. The van der Waals surface area contributed by atoms with Gasteiger partial charge in [-0.15, -0.1) is 10.2 Å². The summed E-state index contributed by atoms with van der Waals surface area (Å²) in [6, 6.07) is 14.4. The van der Waals surface area contributed by atoms with Crippen molar-refractivity contribution >= 4 is 33.4 Å². The minimum absolute atomic E-state index is 0.000528. The molecular weight excluding hydrogens is 504 g/mol. The predicted molar refractivity (Wildman–Crippen MR) is 135 cm³/mol. The molecule has 1 N–H and O–H groups in total. The van der Waals surface area contributed by atoms with Crippen LogP contribution in [0, 0.1) is 0 Å². The number of morpholine rings is 1. The van der Waals surface area contributed by atoms with E-state index < -0.39 is 10.0 Å². The fraction of sp³-hybridized carbons (Fsp3) is 0.375. The van der Waals surface area contributed by atoms with E-state index in [0.717, 1.165) is 11.8 Å². The lowest BCUT2D eigenvalue weighted by atomic mass is 9.98. The van der Waals surface area contributed by atoms with Gasteiger partial charge in [0.25, 0.3) is 5.22 Å². The second-order valence-electron chi connectivity index (χ2n) is 8.19. The summed E-state index contributed by atoms with van der Waals surface area (Å²) in [7, 11) is -2.27. The van der Waals surface area contributed by atoms with Crippen LogP contribution in [-0.4, -0.2) is 68.0 Å². The maximum Gasteiger partial charge on any atom is 0.277 e. The smallest absolute Gasteiger partial charge is 0.277 e. The van der Waals surface area contributed by atoms with E-state index in [9.17, 15) is 13.2 Å². The Kier molecular flexibility index (Phi) is 8.62. The standard InChI is InChI=1S/C24H28N4O6S2/c1-17(18-6-4-3-5-7-18)14-23-26-27-24(34-23)35-16-22(29)25-20-15-19(8-9-21(20)32-2)36(30,31)28-10-12-33-13-11-28/h3-9,15,17H,10-14,16H2,1-2H3,(H,25,29). The van der Waals surface area contributed by atoms with Crippen LogP contribution in [0.2, 0.25) is 0 Å². The van der Waals surface area contributed by atoms with Crippen molar-refractivity contribution in [1.29, 1.82) is 0 Å². The van der Waals surface area contributed by atoms with E-state index in [2.05, 4.69) is 34.6 Å². The predicted octanol–water partition coefficient (Wildman–Crippen LogP) is 3.18. The van der Waals surface area contributed by atoms with Gasteiger partial charge in [-0.2, -0.15) is 4.31 Å². The minimum Gasteiger partial charge on any atom is -0.495 e. The van der Waals surface area contributed by atoms with Crippen LogP contribution >= 0.6 is 11.8 Å². The van der Waals surface area contributed by atoms with Crippen molar-refractivity contribution < 1.29 is 27.1 Å². The summed E-state index contributed by atoms with van der Waals surface area (Å²) in [6.45, 7) is 3.34. The van der Waals surface area contributed by atoms with Crippen molar-refractivity contribution in [1.82, 2.24) is 14.5 Å². The zero-order valence-electron chi connectivity index (χ0n) is 20.0. The van der Waals surface area contributed by atoms with Crippen LogP contribution in [0.25, 0.3) is 0 Å². The minimum atomic E-state index is -3.72. The first-order chi connectivity index (χ1) is 17.4. The Morgan fingerprint density at radius 3 is 2.64 bits per heavy atom. The monoisotopic (exact) mass is 532 g/mol. The van der Waals surface area contributed by atoms with Crippen LogP contribution in [-0.2, 0) is 26.0 Å². The molecule has 0 spiro atoms. The fourth-order valence-electron chi connectivity index (χ4n) is 3.74. The highest BCUT2D eigenvalue weighted by molar-refractivity contribution is 7.99. The number of carbonyl (C=O) groups excluding carboxylic acids is 1. The maximum absolute atomic E-state index is 13.0. The SMILES string of the molecule is COc1ccc(S(=O)(=O)N2CCOCC2)cc1NC(=O)CSc1nnc(CC(C)c2ccccc2)o1. The molecule has 192 valence electrons. The normalized spacial score (nSPS) is 15.4. The Morgan fingerprint density at radius 1 is 1.17 bits per heavy atom. The second-order valence-corrected chi connectivity index (χ2v) is 11.1. The molecule has 0 bridgehead atoms. The molecule has 1 saturated heterocycles. The van der Waals surface area contributed by atoms with E-state index in [0.29, 0.717) is 31.3 Å². The number of sulfonamides is 1. The molecule has 3 aromatic rings. The molecule has 1 aliphatic heterocycles. The van der Waals surface area contributed by atoms with Gasteiger partial charge in [-0.05, 0) is 29.7 Å². The first kappa shape index (κ1) is 26.1. The van der Waals surface area contributed by atoms with Crippen LogP contribution in [0.4, 0.5) is 5.69 Å². The summed E-state index contributed by atoms with van der Waals surface area (Å²) in [5.41, 5.74) is 1.44. The van der Waals surface area contributed by atoms with Gasteiger partial charge in [-0.3, -0.25) is 4.79 Å². The molecule has 1 fully saturated rings. The van der Waals surface area contributed by atoms with Crippen LogP contribution < -0.4 is 10.1 Å². The Hall–Kier alpha value is -2.93. The Morgan fingerprint density at radius 2 is 1.92 bits per heavy atom. The van der Waals surface area contributed by atoms with E-state index in [1.165, 1.54) is 35.2 Å². The van der Waals surface area contributed by atoms with Gasteiger partial charge in [0.2, 0.25) is 21.8 Å². The summed E-state index contributed by atoms with van der Waals surface area (Å²) in [4.78, 5) is 12.7. The van der Waals surface area contributed by atoms with Crippen LogP contribution in [0.15, 0.2) is 63.1 Å². The molecule has 1 aliphatic rings. The van der Waals surface area contributed by atoms with E-state index in [1.807, 2.05) is 18.2 Å². The van der Waals surface area contributed by atoms with E-state index in [4.69, 9.17) is 13.9 Å². The number of nitrogens with one attached hydrogen (secondary N) is 1. The highest BCUT2D eigenvalue weighted by Gasteiger charge is 2.27. The van der Waals surface area contributed by atoms with Crippen LogP contribution in [0.3, 0.4) is 0 Å². The number of hydrogen-bond donors (Lipinski definition) is 1. The fourth-order valence-corrected chi connectivity index (χ4v) is 5.75. The number of thioether (sulfide) groups is 1.